The van der Waals surface area contributed by atoms with Crippen molar-refractivity contribution in [2.75, 3.05) is 33.7 Å². The molecule has 0 unspecified atom stereocenters. The first-order valence-corrected chi connectivity index (χ1v) is 9.28. The molecule has 0 bridgehead atoms. The van der Waals surface area contributed by atoms with Gasteiger partial charge in [0.1, 0.15) is 11.6 Å². The van der Waals surface area contributed by atoms with Crippen molar-refractivity contribution in [3.8, 4) is 5.75 Å². The van der Waals surface area contributed by atoms with Gasteiger partial charge in [-0.3, -0.25) is 4.79 Å². The molecule has 0 aliphatic carbocycles. The first-order chi connectivity index (χ1) is 12.5. The highest BCUT2D eigenvalue weighted by Gasteiger charge is 2.28. The van der Waals surface area contributed by atoms with Crippen LogP contribution in [0.25, 0.3) is 0 Å². The number of piperidine rings is 1. The van der Waals surface area contributed by atoms with Crippen molar-refractivity contribution < 1.29 is 9.90 Å². The summed E-state index contributed by atoms with van der Waals surface area (Å²) < 4.78 is 2.23. The molecule has 140 valence electrons. The highest BCUT2D eigenvalue weighted by molar-refractivity contribution is 5.94. The second-order valence-electron chi connectivity index (χ2n) is 7.28. The number of carbonyl (C=O) groups is 1. The quantitative estimate of drug-likeness (QED) is 0.864. The molecular formula is C20H28N4O2. The van der Waals surface area contributed by atoms with Gasteiger partial charge < -0.3 is 19.5 Å². The van der Waals surface area contributed by atoms with E-state index < -0.39 is 0 Å². The second kappa shape index (κ2) is 8.36. The average molecular weight is 356 g/mol. The number of aryl methyl sites for hydroxylation is 1. The number of likely N-dealkylation sites (tertiary alicyclic amines) is 1. The van der Waals surface area contributed by atoms with Crippen LogP contribution in [0.3, 0.4) is 0 Å². The highest BCUT2D eigenvalue weighted by atomic mass is 16.3. The van der Waals surface area contributed by atoms with Crippen molar-refractivity contribution in [3.63, 3.8) is 0 Å². The molecule has 1 atom stereocenters. The lowest BCUT2D eigenvalue weighted by atomic mass is 9.96. The molecule has 1 aromatic heterocycles. The summed E-state index contributed by atoms with van der Waals surface area (Å²) in [6, 6.07) is 6.59. The lowest BCUT2D eigenvalue weighted by Crippen LogP contribution is -2.39. The third kappa shape index (κ3) is 4.43. The highest BCUT2D eigenvalue weighted by Crippen LogP contribution is 2.27. The number of phenols is 1. The summed E-state index contributed by atoms with van der Waals surface area (Å²) in [5, 5.41) is 9.63. The average Bonchev–Trinajstić information content (AvgIpc) is 3.09. The fraction of sp³-hybridized carbons (Fsp3) is 0.500. The van der Waals surface area contributed by atoms with Crippen LogP contribution in [0.15, 0.2) is 36.7 Å². The van der Waals surface area contributed by atoms with Crippen LogP contribution in [-0.2, 0) is 6.54 Å². The number of carbonyl (C=O) groups excluding carboxylic acids is 1. The number of rotatable bonds is 6. The van der Waals surface area contributed by atoms with Gasteiger partial charge in [0, 0.05) is 43.5 Å². The summed E-state index contributed by atoms with van der Waals surface area (Å²) in [7, 11) is 4.17. The Bertz CT molecular complexity index is 741. The van der Waals surface area contributed by atoms with Gasteiger partial charge in [-0.1, -0.05) is 6.07 Å². The smallest absolute Gasteiger partial charge is 0.254 e. The van der Waals surface area contributed by atoms with E-state index in [1.54, 1.807) is 18.2 Å². The van der Waals surface area contributed by atoms with Gasteiger partial charge in [0.2, 0.25) is 0 Å². The van der Waals surface area contributed by atoms with Crippen LogP contribution in [0.4, 0.5) is 0 Å². The SMILES string of the molecule is CN(C)CCCn1ccnc1[C@@H]1CCCN(C(=O)c2cccc(O)c2)C1. The minimum absolute atomic E-state index is 0.0173. The second-order valence-corrected chi connectivity index (χ2v) is 7.28. The minimum Gasteiger partial charge on any atom is -0.508 e. The van der Waals surface area contributed by atoms with E-state index >= 15 is 0 Å². The van der Waals surface area contributed by atoms with E-state index in [1.807, 2.05) is 17.3 Å². The Labute approximate surface area is 155 Å². The zero-order valence-electron chi connectivity index (χ0n) is 15.6. The van der Waals surface area contributed by atoms with Crippen molar-refractivity contribution in [2.24, 2.45) is 0 Å². The van der Waals surface area contributed by atoms with Crippen molar-refractivity contribution in [3.05, 3.63) is 48.0 Å². The van der Waals surface area contributed by atoms with Gasteiger partial charge in [-0.2, -0.15) is 0 Å². The number of hydrogen-bond donors (Lipinski definition) is 1. The van der Waals surface area contributed by atoms with Crippen molar-refractivity contribution in [1.82, 2.24) is 19.4 Å². The summed E-state index contributed by atoms with van der Waals surface area (Å²) in [6.45, 7) is 3.43. The maximum absolute atomic E-state index is 12.8. The fourth-order valence-electron chi connectivity index (χ4n) is 3.62. The zero-order chi connectivity index (χ0) is 18.5. The Morgan fingerprint density at radius 3 is 3.00 bits per heavy atom. The number of benzene rings is 1. The van der Waals surface area contributed by atoms with Crippen LogP contribution in [0, 0.1) is 0 Å². The van der Waals surface area contributed by atoms with Gasteiger partial charge in [-0.05, 0) is 58.1 Å². The number of amides is 1. The first-order valence-electron chi connectivity index (χ1n) is 9.28. The molecule has 6 nitrogen and oxygen atoms in total. The largest absolute Gasteiger partial charge is 0.508 e. The molecule has 2 aromatic rings. The van der Waals surface area contributed by atoms with Gasteiger partial charge in [0.15, 0.2) is 0 Å². The predicted octanol–water partition coefficient (Wildman–Crippen LogP) is 2.56. The van der Waals surface area contributed by atoms with E-state index in [-0.39, 0.29) is 17.6 Å². The monoisotopic (exact) mass is 356 g/mol. The van der Waals surface area contributed by atoms with Crippen LogP contribution in [-0.4, -0.2) is 64.1 Å². The third-order valence-electron chi connectivity index (χ3n) is 4.92. The van der Waals surface area contributed by atoms with Crippen LogP contribution < -0.4 is 0 Å². The van der Waals surface area contributed by atoms with E-state index in [0.717, 1.165) is 44.7 Å². The van der Waals surface area contributed by atoms with E-state index in [2.05, 4.69) is 28.5 Å². The maximum atomic E-state index is 12.8. The number of aromatic hydroxyl groups is 1. The predicted molar refractivity (Wildman–Crippen MR) is 101 cm³/mol. The topological polar surface area (TPSA) is 61.6 Å². The Hall–Kier alpha value is -2.34. The van der Waals surface area contributed by atoms with E-state index in [9.17, 15) is 9.90 Å². The Morgan fingerprint density at radius 2 is 2.23 bits per heavy atom. The van der Waals surface area contributed by atoms with Gasteiger partial charge in [-0.15, -0.1) is 0 Å². The number of imidazole rings is 1. The van der Waals surface area contributed by atoms with Crippen LogP contribution in [0.1, 0.15) is 41.4 Å². The Kier molecular flexibility index (Phi) is 5.93. The molecule has 6 heteroatoms. The van der Waals surface area contributed by atoms with Crippen molar-refractivity contribution in [2.45, 2.75) is 31.7 Å². The lowest BCUT2D eigenvalue weighted by Gasteiger charge is -2.33. The van der Waals surface area contributed by atoms with Gasteiger partial charge in [0.05, 0.1) is 0 Å². The third-order valence-corrected chi connectivity index (χ3v) is 4.92. The number of phenolic OH excluding ortho intramolecular Hbond substituents is 1. The summed E-state index contributed by atoms with van der Waals surface area (Å²) in [5.41, 5.74) is 0.542. The van der Waals surface area contributed by atoms with Crippen LogP contribution >= 0.6 is 0 Å². The standard InChI is InChI=1S/C20H28N4O2/c1-22(2)10-5-12-23-13-9-21-19(23)17-7-4-11-24(15-17)20(26)16-6-3-8-18(25)14-16/h3,6,8-9,13-14,17,25H,4-5,7,10-12,15H2,1-2H3/t17-/m1/s1. The molecule has 1 saturated heterocycles. The van der Waals surface area contributed by atoms with E-state index in [1.165, 1.54) is 6.07 Å². The molecule has 3 rings (SSSR count). The number of aromatic nitrogens is 2. The normalized spacial score (nSPS) is 17.7. The molecule has 1 fully saturated rings. The molecule has 2 heterocycles. The molecule has 0 saturated carbocycles. The summed E-state index contributed by atoms with van der Waals surface area (Å²) in [5.74, 6) is 1.45. The van der Waals surface area contributed by atoms with Gasteiger partial charge >= 0.3 is 0 Å². The fourth-order valence-corrected chi connectivity index (χ4v) is 3.62. The van der Waals surface area contributed by atoms with Crippen LogP contribution in [0.2, 0.25) is 0 Å². The van der Waals surface area contributed by atoms with Crippen molar-refractivity contribution in [1.29, 1.82) is 0 Å². The molecule has 1 aromatic carbocycles. The summed E-state index contributed by atoms with van der Waals surface area (Å²) in [6.07, 6.45) is 7.01. The Morgan fingerprint density at radius 1 is 1.38 bits per heavy atom. The molecule has 0 radical (unpaired) electrons. The lowest BCUT2D eigenvalue weighted by molar-refractivity contribution is 0.0703. The van der Waals surface area contributed by atoms with Gasteiger partial charge in [0.25, 0.3) is 5.91 Å². The minimum atomic E-state index is -0.0173. The van der Waals surface area contributed by atoms with Crippen molar-refractivity contribution >= 4 is 5.91 Å². The molecule has 26 heavy (non-hydrogen) atoms. The summed E-state index contributed by atoms with van der Waals surface area (Å²) >= 11 is 0. The summed E-state index contributed by atoms with van der Waals surface area (Å²) in [4.78, 5) is 21.4. The zero-order valence-corrected chi connectivity index (χ0v) is 15.6. The van der Waals surface area contributed by atoms with Crippen LogP contribution in [0.5, 0.6) is 5.75 Å². The van der Waals surface area contributed by atoms with Gasteiger partial charge in [-0.25, -0.2) is 4.98 Å². The molecule has 0 spiro atoms. The van der Waals surface area contributed by atoms with E-state index in [0.29, 0.717) is 12.1 Å². The molecule has 1 amide bonds. The molecule has 1 N–H and O–H groups in total. The molecule has 1 aliphatic heterocycles. The Balaban J connectivity index is 1.67. The molecule has 1 aliphatic rings. The maximum Gasteiger partial charge on any atom is 0.254 e. The number of nitrogens with zero attached hydrogens (tertiary/aromatic N) is 4. The van der Waals surface area contributed by atoms with E-state index in [4.69, 9.17) is 0 Å². The molecular weight excluding hydrogens is 328 g/mol. The first kappa shape index (κ1) is 18.5. The number of hydrogen-bond acceptors (Lipinski definition) is 4.